The Morgan fingerprint density at radius 3 is 2.78 bits per heavy atom. The van der Waals surface area contributed by atoms with Crippen LogP contribution in [-0.2, 0) is 11.3 Å². The molecule has 27 heavy (non-hydrogen) atoms. The maximum absolute atomic E-state index is 5.96. The fourth-order valence-corrected chi connectivity index (χ4v) is 4.02. The predicted octanol–water partition coefficient (Wildman–Crippen LogP) is 4.21. The Labute approximate surface area is 166 Å². The van der Waals surface area contributed by atoms with Crippen LogP contribution in [0.3, 0.4) is 0 Å². The molecular weight excluding hydrogens is 356 g/mol. The maximum Gasteiger partial charge on any atom is 0.191 e. The van der Waals surface area contributed by atoms with E-state index in [0.29, 0.717) is 12.6 Å². The summed E-state index contributed by atoms with van der Waals surface area (Å²) < 4.78 is 5.96. The van der Waals surface area contributed by atoms with Crippen LogP contribution in [0.1, 0.15) is 43.5 Å². The Kier molecular flexibility index (Phi) is 8.11. The van der Waals surface area contributed by atoms with Crippen molar-refractivity contribution in [2.45, 2.75) is 51.2 Å². The molecule has 5 nitrogen and oxygen atoms in total. The summed E-state index contributed by atoms with van der Waals surface area (Å²) in [6.07, 6.45) is 7.96. The van der Waals surface area contributed by atoms with Gasteiger partial charge in [-0.25, -0.2) is 4.98 Å². The number of rotatable bonds is 8. The lowest BCUT2D eigenvalue weighted by molar-refractivity contribution is 0.0277. The van der Waals surface area contributed by atoms with Gasteiger partial charge in [-0.1, -0.05) is 49.6 Å². The van der Waals surface area contributed by atoms with Gasteiger partial charge in [-0.15, -0.1) is 11.3 Å². The van der Waals surface area contributed by atoms with Crippen LogP contribution in [0.15, 0.2) is 40.7 Å². The second-order valence-electron chi connectivity index (χ2n) is 6.83. The number of hydrogen-bond donors (Lipinski definition) is 2. The zero-order valence-corrected chi connectivity index (χ0v) is 16.9. The average molecular weight is 387 g/mol. The van der Waals surface area contributed by atoms with Gasteiger partial charge in [0.15, 0.2) is 5.96 Å². The molecule has 1 heterocycles. The molecule has 0 atom stereocenters. The van der Waals surface area contributed by atoms with Gasteiger partial charge in [0.2, 0.25) is 0 Å². The van der Waals surface area contributed by atoms with E-state index in [1.165, 1.54) is 32.1 Å². The molecule has 1 aromatic heterocycles. The lowest BCUT2D eigenvalue weighted by Gasteiger charge is -2.22. The number of hydrogen-bond acceptors (Lipinski definition) is 4. The molecule has 0 saturated heterocycles. The number of nitrogens with zero attached hydrogens (tertiary/aromatic N) is 2. The summed E-state index contributed by atoms with van der Waals surface area (Å²) in [5, 5.41) is 9.84. The number of benzene rings is 1. The van der Waals surface area contributed by atoms with Crippen molar-refractivity contribution in [3.63, 3.8) is 0 Å². The van der Waals surface area contributed by atoms with Gasteiger partial charge in [-0.05, 0) is 19.3 Å². The van der Waals surface area contributed by atoms with Crippen LogP contribution in [-0.4, -0.2) is 37.2 Å². The molecule has 2 aromatic rings. The zero-order chi connectivity index (χ0) is 18.7. The highest BCUT2D eigenvalue weighted by atomic mass is 32.1. The third kappa shape index (κ3) is 6.63. The number of thiazole rings is 1. The second kappa shape index (κ2) is 11.0. The minimum Gasteiger partial charge on any atom is -0.378 e. The summed E-state index contributed by atoms with van der Waals surface area (Å²) in [5.41, 5.74) is 2.18. The molecule has 1 aliphatic carbocycles. The van der Waals surface area contributed by atoms with Gasteiger partial charge in [0.25, 0.3) is 0 Å². The predicted molar refractivity (Wildman–Crippen MR) is 113 cm³/mol. The lowest BCUT2D eigenvalue weighted by Crippen LogP contribution is -2.37. The number of aromatic nitrogens is 1. The molecule has 1 aromatic carbocycles. The minimum absolute atomic E-state index is 0.486. The van der Waals surface area contributed by atoms with Gasteiger partial charge in [-0.2, -0.15) is 0 Å². The molecule has 6 heteroatoms. The smallest absolute Gasteiger partial charge is 0.191 e. The van der Waals surface area contributed by atoms with E-state index in [4.69, 9.17) is 9.72 Å². The first-order chi connectivity index (χ1) is 13.3. The van der Waals surface area contributed by atoms with E-state index >= 15 is 0 Å². The molecule has 0 spiro atoms. The fraction of sp³-hybridized carbons (Fsp3) is 0.524. The van der Waals surface area contributed by atoms with Gasteiger partial charge in [-0.3, -0.25) is 4.99 Å². The molecule has 3 rings (SSSR count). The highest BCUT2D eigenvalue weighted by Gasteiger charge is 2.13. The van der Waals surface area contributed by atoms with Gasteiger partial charge in [0.05, 0.1) is 18.3 Å². The Balaban J connectivity index is 1.34. The topological polar surface area (TPSA) is 58.5 Å². The standard InChI is InChI=1S/C21H30N4OS/c1-22-21(23-13-8-14-26-18-11-6-3-7-12-18)24-15-20-25-19(16-27-20)17-9-4-2-5-10-17/h2,4-5,9-10,16,18H,3,6-8,11-15H2,1H3,(H2,22,23,24). The minimum atomic E-state index is 0.486. The normalized spacial score (nSPS) is 15.7. The summed E-state index contributed by atoms with van der Waals surface area (Å²) in [7, 11) is 1.80. The van der Waals surface area contributed by atoms with E-state index in [0.717, 1.165) is 41.8 Å². The first kappa shape index (κ1) is 19.8. The molecule has 0 unspecified atom stereocenters. The molecule has 0 aliphatic heterocycles. The van der Waals surface area contributed by atoms with Crippen LogP contribution in [0.25, 0.3) is 11.3 Å². The molecule has 0 radical (unpaired) electrons. The monoisotopic (exact) mass is 386 g/mol. The summed E-state index contributed by atoms with van der Waals surface area (Å²) in [4.78, 5) is 8.99. The molecule has 0 bridgehead atoms. The Morgan fingerprint density at radius 1 is 1.19 bits per heavy atom. The molecule has 1 fully saturated rings. The first-order valence-electron chi connectivity index (χ1n) is 9.91. The van der Waals surface area contributed by atoms with Crippen LogP contribution in [0.5, 0.6) is 0 Å². The van der Waals surface area contributed by atoms with Crippen molar-refractivity contribution in [2.24, 2.45) is 4.99 Å². The van der Waals surface area contributed by atoms with E-state index < -0.39 is 0 Å². The number of ether oxygens (including phenoxy) is 1. The van der Waals surface area contributed by atoms with Crippen LogP contribution >= 0.6 is 11.3 Å². The van der Waals surface area contributed by atoms with E-state index in [1.54, 1.807) is 18.4 Å². The Hall–Kier alpha value is -1.92. The first-order valence-corrected chi connectivity index (χ1v) is 10.8. The van der Waals surface area contributed by atoms with Crippen molar-refractivity contribution in [1.82, 2.24) is 15.6 Å². The van der Waals surface area contributed by atoms with Crippen molar-refractivity contribution in [3.8, 4) is 11.3 Å². The third-order valence-electron chi connectivity index (χ3n) is 4.77. The van der Waals surface area contributed by atoms with E-state index in [-0.39, 0.29) is 0 Å². The van der Waals surface area contributed by atoms with E-state index in [9.17, 15) is 0 Å². The molecule has 0 amide bonds. The molecule has 146 valence electrons. The van der Waals surface area contributed by atoms with Crippen molar-refractivity contribution >= 4 is 17.3 Å². The summed E-state index contributed by atoms with van der Waals surface area (Å²) in [6, 6.07) is 10.3. The van der Waals surface area contributed by atoms with Crippen LogP contribution < -0.4 is 10.6 Å². The fourth-order valence-electron chi connectivity index (χ4n) is 3.27. The molecule has 1 saturated carbocycles. The molecule has 1 aliphatic rings. The SMILES string of the molecule is CN=C(NCCCOC1CCCCC1)NCc1nc(-c2ccccc2)cs1. The van der Waals surface area contributed by atoms with Gasteiger partial charge < -0.3 is 15.4 Å². The largest absolute Gasteiger partial charge is 0.378 e. The van der Waals surface area contributed by atoms with Crippen LogP contribution in [0.4, 0.5) is 0 Å². The summed E-state index contributed by atoms with van der Waals surface area (Å²) in [5.74, 6) is 0.809. The molecule has 2 N–H and O–H groups in total. The average Bonchev–Trinajstić information content (AvgIpc) is 3.20. The lowest BCUT2D eigenvalue weighted by atomic mass is 9.98. The highest BCUT2D eigenvalue weighted by Crippen LogP contribution is 2.21. The quantitative estimate of drug-likeness (QED) is 0.405. The Bertz CT molecular complexity index is 695. The summed E-state index contributed by atoms with van der Waals surface area (Å²) in [6.45, 7) is 2.36. The third-order valence-corrected chi connectivity index (χ3v) is 5.62. The Morgan fingerprint density at radius 2 is 2.00 bits per heavy atom. The van der Waals surface area contributed by atoms with Crippen molar-refractivity contribution < 1.29 is 4.74 Å². The zero-order valence-electron chi connectivity index (χ0n) is 16.1. The van der Waals surface area contributed by atoms with E-state index in [2.05, 4.69) is 33.1 Å². The van der Waals surface area contributed by atoms with Gasteiger partial charge in [0, 0.05) is 31.1 Å². The van der Waals surface area contributed by atoms with Crippen LogP contribution in [0.2, 0.25) is 0 Å². The van der Waals surface area contributed by atoms with E-state index in [1.807, 2.05) is 18.2 Å². The van der Waals surface area contributed by atoms with Crippen LogP contribution in [0, 0.1) is 0 Å². The maximum atomic E-state index is 5.96. The number of nitrogens with one attached hydrogen (secondary N) is 2. The highest BCUT2D eigenvalue weighted by molar-refractivity contribution is 7.09. The van der Waals surface area contributed by atoms with Crippen molar-refractivity contribution in [2.75, 3.05) is 20.2 Å². The molecular formula is C21H30N4OS. The number of aliphatic imine (C=N–C) groups is 1. The summed E-state index contributed by atoms with van der Waals surface area (Å²) >= 11 is 1.67. The van der Waals surface area contributed by atoms with Gasteiger partial charge in [0.1, 0.15) is 5.01 Å². The van der Waals surface area contributed by atoms with Gasteiger partial charge >= 0.3 is 0 Å². The second-order valence-corrected chi connectivity index (χ2v) is 7.77. The van der Waals surface area contributed by atoms with Crippen molar-refractivity contribution in [3.05, 3.63) is 40.7 Å². The van der Waals surface area contributed by atoms with Crippen molar-refractivity contribution in [1.29, 1.82) is 0 Å². The number of guanidine groups is 1.